The van der Waals surface area contributed by atoms with Crippen LogP contribution in [-0.4, -0.2) is 22.1 Å². The molecule has 2 aromatic rings. The van der Waals surface area contributed by atoms with Gasteiger partial charge in [-0.15, -0.1) is 0 Å². The number of halogens is 1. The van der Waals surface area contributed by atoms with Crippen LogP contribution in [0.25, 0.3) is 5.52 Å². The monoisotopic (exact) mass is 236 g/mol. The zero-order valence-electron chi connectivity index (χ0n) is 8.90. The van der Waals surface area contributed by atoms with Crippen molar-refractivity contribution in [3.05, 3.63) is 35.4 Å². The maximum absolute atomic E-state index is 6.17. The second kappa shape index (κ2) is 4.07. The van der Waals surface area contributed by atoms with Gasteiger partial charge >= 0.3 is 0 Å². The lowest BCUT2D eigenvalue weighted by Gasteiger charge is -2.08. The zero-order chi connectivity index (χ0) is 11.0. The third-order valence-electron chi connectivity index (χ3n) is 3.01. The van der Waals surface area contributed by atoms with E-state index in [0.717, 1.165) is 37.2 Å². The molecule has 0 spiro atoms. The first-order valence-corrected chi connectivity index (χ1v) is 5.95. The molecule has 0 radical (unpaired) electrons. The van der Waals surface area contributed by atoms with E-state index in [1.807, 2.05) is 28.8 Å². The summed E-state index contributed by atoms with van der Waals surface area (Å²) in [5.74, 6) is 0.993. The molecule has 1 unspecified atom stereocenters. The second-order valence-corrected chi connectivity index (χ2v) is 4.51. The Morgan fingerprint density at radius 2 is 2.44 bits per heavy atom. The van der Waals surface area contributed by atoms with Gasteiger partial charge in [0.2, 0.25) is 0 Å². The summed E-state index contributed by atoms with van der Waals surface area (Å²) in [5, 5.41) is 0.711. The topological polar surface area (TPSA) is 26.5 Å². The summed E-state index contributed by atoms with van der Waals surface area (Å²) in [7, 11) is 0. The van der Waals surface area contributed by atoms with Crippen LogP contribution in [0.1, 0.15) is 18.7 Å². The molecule has 1 aliphatic heterocycles. The molecule has 1 saturated heterocycles. The molecule has 1 atom stereocenters. The molecule has 1 aliphatic rings. The van der Waals surface area contributed by atoms with Gasteiger partial charge < -0.3 is 4.74 Å². The minimum absolute atomic E-state index is 0.307. The minimum atomic E-state index is 0.307. The van der Waals surface area contributed by atoms with Gasteiger partial charge in [0.25, 0.3) is 0 Å². The summed E-state index contributed by atoms with van der Waals surface area (Å²) in [4.78, 5) is 4.42. The van der Waals surface area contributed by atoms with Crippen LogP contribution in [0.2, 0.25) is 5.15 Å². The summed E-state index contributed by atoms with van der Waals surface area (Å²) < 4.78 is 7.61. The van der Waals surface area contributed by atoms with Crippen LogP contribution in [0.3, 0.4) is 0 Å². The second-order valence-electron chi connectivity index (χ2n) is 4.12. The Labute approximate surface area is 99.0 Å². The number of pyridine rings is 1. The minimum Gasteiger partial charge on any atom is -0.378 e. The molecule has 84 valence electrons. The van der Waals surface area contributed by atoms with Gasteiger partial charge in [-0.05, 0) is 25.0 Å². The Balaban J connectivity index is 1.97. The Morgan fingerprint density at radius 1 is 1.50 bits per heavy atom. The van der Waals surface area contributed by atoms with Crippen LogP contribution in [0, 0.1) is 0 Å². The number of aromatic nitrogens is 2. The maximum atomic E-state index is 6.17. The van der Waals surface area contributed by atoms with Crippen molar-refractivity contribution >= 4 is 17.1 Å². The smallest absolute Gasteiger partial charge is 0.116 e. The standard InChI is InChI=1S/C12H13ClN2O/c13-11-5-1-3-9-8-14-12(15(9)11)7-10-4-2-6-16-10/h1,3,5,8,10H,2,4,6-7H2. The van der Waals surface area contributed by atoms with E-state index in [4.69, 9.17) is 16.3 Å². The Morgan fingerprint density at radius 3 is 3.25 bits per heavy atom. The van der Waals surface area contributed by atoms with Crippen molar-refractivity contribution in [3.8, 4) is 0 Å². The van der Waals surface area contributed by atoms with E-state index < -0.39 is 0 Å². The van der Waals surface area contributed by atoms with Gasteiger partial charge in [0.1, 0.15) is 11.0 Å². The SMILES string of the molecule is Clc1cccc2cnc(CC3CCCO3)n12. The van der Waals surface area contributed by atoms with Crippen LogP contribution in [0.4, 0.5) is 0 Å². The molecule has 2 aromatic heterocycles. The van der Waals surface area contributed by atoms with Crippen LogP contribution < -0.4 is 0 Å². The van der Waals surface area contributed by atoms with Gasteiger partial charge in [0, 0.05) is 13.0 Å². The van der Waals surface area contributed by atoms with E-state index in [-0.39, 0.29) is 0 Å². The zero-order valence-corrected chi connectivity index (χ0v) is 9.65. The van der Waals surface area contributed by atoms with Gasteiger partial charge in [-0.2, -0.15) is 0 Å². The van der Waals surface area contributed by atoms with E-state index in [2.05, 4.69) is 4.98 Å². The van der Waals surface area contributed by atoms with Crippen LogP contribution in [-0.2, 0) is 11.2 Å². The molecule has 1 fully saturated rings. The molecule has 3 rings (SSSR count). The quantitative estimate of drug-likeness (QED) is 0.750. The Hall–Kier alpha value is -1.06. The van der Waals surface area contributed by atoms with E-state index in [1.165, 1.54) is 0 Å². The van der Waals surface area contributed by atoms with Crippen molar-refractivity contribution in [1.82, 2.24) is 9.38 Å². The lowest BCUT2D eigenvalue weighted by molar-refractivity contribution is 0.110. The highest BCUT2D eigenvalue weighted by Gasteiger charge is 2.18. The fourth-order valence-corrected chi connectivity index (χ4v) is 2.49. The Kier molecular flexibility index (Phi) is 2.58. The number of hydrogen-bond acceptors (Lipinski definition) is 2. The van der Waals surface area contributed by atoms with E-state index >= 15 is 0 Å². The van der Waals surface area contributed by atoms with Gasteiger partial charge in [0.15, 0.2) is 0 Å². The summed E-state index contributed by atoms with van der Waals surface area (Å²) in [5.41, 5.74) is 1.04. The van der Waals surface area contributed by atoms with Crippen molar-refractivity contribution < 1.29 is 4.74 Å². The van der Waals surface area contributed by atoms with Crippen molar-refractivity contribution in [2.45, 2.75) is 25.4 Å². The highest BCUT2D eigenvalue weighted by atomic mass is 35.5. The molecule has 0 aliphatic carbocycles. The first-order chi connectivity index (χ1) is 7.84. The number of rotatable bonds is 2. The first-order valence-electron chi connectivity index (χ1n) is 5.57. The van der Waals surface area contributed by atoms with Crippen LogP contribution >= 0.6 is 11.6 Å². The summed E-state index contributed by atoms with van der Waals surface area (Å²) in [6.45, 7) is 0.877. The number of hydrogen-bond donors (Lipinski definition) is 0. The van der Waals surface area contributed by atoms with Crippen molar-refractivity contribution in [2.75, 3.05) is 6.61 Å². The van der Waals surface area contributed by atoms with Gasteiger partial charge in [-0.25, -0.2) is 4.98 Å². The highest BCUT2D eigenvalue weighted by Crippen LogP contribution is 2.20. The maximum Gasteiger partial charge on any atom is 0.116 e. The summed E-state index contributed by atoms with van der Waals surface area (Å²) in [6, 6.07) is 5.84. The Bertz CT molecular complexity index is 503. The van der Waals surface area contributed by atoms with Gasteiger partial charge in [0.05, 0.1) is 17.8 Å². The predicted molar refractivity (Wildman–Crippen MR) is 62.9 cm³/mol. The average Bonchev–Trinajstić information content (AvgIpc) is 2.90. The lowest BCUT2D eigenvalue weighted by atomic mass is 10.2. The third-order valence-corrected chi connectivity index (χ3v) is 3.31. The molecule has 0 aromatic carbocycles. The molecule has 0 amide bonds. The molecular formula is C12H13ClN2O. The summed E-state index contributed by atoms with van der Waals surface area (Å²) >= 11 is 6.17. The first kappa shape index (κ1) is 10.1. The fourth-order valence-electron chi connectivity index (χ4n) is 2.22. The van der Waals surface area contributed by atoms with Crippen molar-refractivity contribution in [3.63, 3.8) is 0 Å². The van der Waals surface area contributed by atoms with E-state index in [1.54, 1.807) is 0 Å². The molecule has 16 heavy (non-hydrogen) atoms. The normalized spacial score (nSPS) is 20.7. The predicted octanol–water partition coefficient (Wildman–Crippen LogP) is 2.71. The molecule has 0 N–H and O–H groups in total. The fraction of sp³-hybridized carbons (Fsp3) is 0.417. The molecule has 0 bridgehead atoms. The van der Waals surface area contributed by atoms with Gasteiger partial charge in [-0.3, -0.25) is 4.40 Å². The lowest BCUT2D eigenvalue weighted by Crippen LogP contribution is -2.11. The average molecular weight is 237 g/mol. The van der Waals surface area contributed by atoms with E-state index in [9.17, 15) is 0 Å². The van der Waals surface area contributed by atoms with E-state index in [0.29, 0.717) is 11.3 Å². The number of imidazole rings is 1. The van der Waals surface area contributed by atoms with Crippen molar-refractivity contribution in [1.29, 1.82) is 0 Å². The highest BCUT2D eigenvalue weighted by molar-refractivity contribution is 6.29. The van der Waals surface area contributed by atoms with Gasteiger partial charge in [-0.1, -0.05) is 17.7 Å². The number of fused-ring (bicyclic) bond motifs is 1. The summed E-state index contributed by atoms with van der Waals surface area (Å²) in [6.07, 6.45) is 5.29. The van der Waals surface area contributed by atoms with Crippen LogP contribution in [0.5, 0.6) is 0 Å². The molecule has 3 heterocycles. The molecule has 3 nitrogen and oxygen atoms in total. The largest absolute Gasteiger partial charge is 0.378 e. The number of nitrogens with zero attached hydrogens (tertiary/aromatic N) is 2. The number of ether oxygens (including phenoxy) is 1. The van der Waals surface area contributed by atoms with Crippen LogP contribution in [0.15, 0.2) is 24.4 Å². The van der Waals surface area contributed by atoms with Crippen molar-refractivity contribution in [2.24, 2.45) is 0 Å². The molecule has 0 saturated carbocycles. The molecular weight excluding hydrogens is 224 g/mol. The third kappa shape index (κ3) is 1.70. The molecule has 4 heteroatoms.